The second kappa shape index (κ2) is 6.73. The van der Waals surface area contributed by atoms with Gasteiger partial charge >= 0.3 is 0 Å². The van der Waals surface area contributed by atoms with Gasteiger partial charge in [0.1, 0.15) is 5.69 Å². The molecule has 1 amide bonds. The Kier molecular flexibility index (Phi) is 4.99. The summed E-state index contributed by atoms with van der Waals surface area (Å²) in [7, 11) is 0. The highest BCUT2D eigenvalue weighted by Crippen LogP contribution is 2.10. The number of β-amino-alcohol motifs (C(OH)–C–C–N with tert-alkyl or cyclic N) is 1. The van der Waals surface area contributed by atoms with E-state index in [1.165, 1.54) is 0 Å². The molecule has 0 unspecified atom stereocenters. The lowest BCUT2D eigenvalue weighted by Gasteiger charge is -2.34. The van der Waals surface area contributed by atoms with Crippen LogP contribution in [0.2, 0.25) is 0 Å². The molecule has 0 aliphatic carbocycles. The molecule has 5 heteroatoms. The average molecular weight is 265 g/mol. The number of hydrogen-bond acceptors (Lipinski definition) is 3. The summed E-state index contributed by atoms with van der Waals surface area (Å²) in [4.78, 5) is 16.6. The van der Waals surface area contributed by atoms with E-state index in [0.717, 1.165) is 44.8 Å². The fourth-order valence-corrected chi connectivity index (χ4v) is 2.52. The molecule has 1 fully saturated rings. The SMILES string of the molecule is CCCn1cccc1C(=O)N1CCN(CCO)CC1. The van der Waals surface area contributed by atoms with Crippen molar-refractivity contribution in [1.29, 1.82) is 0 Å². The number of carbonyl (C=O) groups is 1. The molecule has 1 saturated heterocycles. The number of aliphatic hydroxyl groups excluding tert-OH is 1. The molecule has 1 N–H and O–H groups in total. The van der Waals surface area contributed by atoms with E-state index in [1.807, 2.05) is 27.8 Å². The maximum absolute atomic E-state index is 12.5. The Morgan fingerprint density at radius 1 is 1.26 bits per heavy atom. The number of carbonyl (C=O) groups excluding carboxylic acids is 1. The monoisotopic (exact) mass is 265 g/mol. The number of rotatable bonds is 5. The molecule has 1 aliphatic rings. The van der Waals surface area contributed by atoms with Crippen LogP contribution in [0.5, 0.6) is 0 Å². The molecule has 19 heavy (non-hydrogen) atoms. The lowest BCUT2D eigenvalue weighted by Crippen LogP contribution is -2.49. The highest BCUT2D eigenvalue weighted by atomic mass is 16.3. The summed E-state index contributed by atoms with van der Waals surface area (Å²) in [5, 5.41) is 8.91. The van der Waals surface area contributed by atoms with E-state index in [-0.39, 0.29) is 12.5 Å². The van der Waals surface area contributed by atoms with Gasteiger partial charge in [-0.05, 0) is 18.6 Å². The van der Waals surface area contributed by atoms with Crippen LogP contribution in [0.4, 0.5) is 0 Å². The third-order valence-electron chi connectivity index (χ3n) is 3.59. The Morgan fingerprint density at radius 2 is 2.00 bits per heavy atom. The Labute approximate surface area is 114 Å². The summed E-state index contributed by atoms with van der Waals surface area (Å²) in [5.74, 6) is 0.127. The normalized spacial score (nSPS) is 16.8. The quantitative estimate of drug-likeness (QED) is 0.850. The summed E-state index contributed by atoms with van der Waals surface area (Å²) >= 11 is 0. The summed E-state index contributed by atoms with van der Waals surface area (Å²) in [5.41, 5.74) is 0.789. The van der Waals surface area contributed by atoms with Crippen molar-refractivity contribution in [3.8, 4) is 0 Å². The molecule has 5 nitrogen and oxygen atoms in total. The average Bonchev–Trinajstić information content (AvgIpc) is 2.88. The van der Waals surface area contributed by atoms with Crippen LogP contribution in [0.3, 0.4) is 0 Å². The van der Waals surface area contributed by atoms with Crippen molar-refractivity contribution in [1.82, 2.24) is 14.4 Å². The van der Waals surface area contributed by atoms with E-state index < -0.39 is 0 Å². The Hall–Kier alpha value is -1.33. The molecule has 2 heterocycles. The van der Waals surface area contributed by atoms with Gasteiger partial charge in [-0.2, -0.15) is 0 Å². The second-order valence-corrected chi connectivity index (χ2v) is 4.94. The van der Waals surface area contributed by atoms with Gasteiger partial charge in [-0.15, -0.1) is 0 Å². The lowest BCUT2D eigenvalue weighted by atomic mass is 10.2. The lowest BCUT2D eigenvalue weighted by molar-refractivity contribution is 0.0604. The Morgan fingerprint density at radius 3 is 2.63 bits per heavy atom. The van der Waals surface area contributed by atoms with Crippen LogP contribution in [-0.2, 0) is 6.54 Å². The predicted octanol–water partition coefficient (Wildman–Crippen LogP) is 0.648. The second-order valence-electron chi connectivity index (χ2n) is 4.94. The third kappa shape index (κ3) is 3.36. The number of amides is 1. The summed E-state index contributed by atoms with van der Waals surface area (Å²) in [6, 6.07) is 3.84. The largest absolute Gasteiger partial charge is 0.395 e. The van der Waals surface area contributed by atoms with Crippen LogP contribution in [0.25, 0.3) is 0 Å². The number of aromatic nitrogens is 1. The molecular weight excluding hydrogens is 242 g/mol. The number of piperazine rings is 1. The van der Waals surface area contributed by atoms with Gasteiger partial charge in [0.2, 0.25) is 0 Å². The van der Waals surface area contributed by atoms with Crippen molar-refractivity contribution in [2.75, 3.05) is 39.3 Å². The van der Waals surface area contributed by atoms with Crippen LogP contribution < -0.4 is 0 Å². The molecule has 2 rings (SSSR count). The molecule has 1 aromatic heterocycles. The van der Waals surface area contributed by atoms with Gasteiger partial charge < -0.3 is 14.6 Å². The van der Waals surface area contributed by atoms with Crippen LogP contribution >= 0.6 is 0 Å². The first-order chi connectivity index (χ1) is 9.26. The Balaban J connectivity index is 1.95. The van der Waals surface area contributed by atoms with Crippen molar-refractivity contribution < 1.29 is 9.90 Å². The van der Waals surface area contributed by atoms with Crippen molar-refractivity contribution in [3.05, 3.63) is 24.0 Å². The van der Waals surface area contributed by atoms with E-state index in [0.29, 0.717) is 6.54 Å². The zero-order valence-electron chi connectivity index (χ0n) is 11.6. The maximum Gasteiger partial charge on any atom is 0.270 e. The summed E-state index contributed by atoms with van der Waals surface area (Å²) in [6.07, 6.45) is 3.00. The molecule has 1 aliphatic heterocycles. The smallest absolute Gasteiger partial charge is 0.270 e. The number of aliphatic hydroxyl groups is 1. The highest BCUT2D eigenvalue weighted by Gasteiger charge is 2.23. The minimum atomic E-state index is 0.127. The van der Waals surface area contributed by atoms with Crippen molar-refractivity contribution >= 4 is 5.91 Å². The molecule has 1 aromatic rings. The van der Waals surface area contributed by atoms with Gasteiger partial charge in [-0.1, -0.05) is 6.92 Å². The van der Waals surface area contributed by atoms with E-state index in [9.17, 15) is 4.79 Å². The summed E-state index contributed by atoms with van der Waals surface area (Å²) in [6.45, 7) is 7.08. The first-order valence-corrected chi connectivity index (χ1v) is 7.04. The Bertz CT molecular complexity index is 409. The van der Waals surface area contributed by atoms with E-state index in [1.54, 1.807) is 0 Å². The van der Waals surface area contributed by atoms with Gasteiger partial charge in [-0.25, -0.2) is 0 Å². The topological polar surface area (TPSA) is 48.7 Å². The van der Waals surface area contributed by atoms with Crippen LogP contribution in [0, 0.1) is 0 Å². The number of nitrogens with zero attached hydrogens (tertiary/aromatic N) is 3. The number of hydrogen-bond donors (Lipinski definition) is 1. The third-order valence-corrected chi connectivity index (χ3v) is 3.59. The molecule has 106 valence electrons. The van der Waals surface area contributed by atoms with E-state index in [2.05, 4.69) is 11.8 Å². The fraction of sp³-hybridized carbons (Fsp3) is 0.643. The van der Waals surface area contributed by atoms with E-state index in [4.69, 9.17) is 5.11 Å². The molecule has 0 radical (unpaired) electrons. The zero-order chi connectivity index (χ0) is 13.7. The van der Waals surface area contributed by atoms with Gasteiger partial charge in [0.05, 0.1) is 6.61 Å². The van der Waals surface area contributed by atoms with Crippen LogP contribution in [-0.4, -0.2) is 64.7 Å². The predicted molar refractivity (Wildman–Crippen MR) is 74.2 cm³/mol. The van der Waals surface area contributed by atoms with E-state index >= 15 is 0 Å². The standard InChI is InChI=1S/C14H23N3O2/c1-2-5-16-6-3-4-13(16)14(19)17-9-7-15(8-10-17)11-12-18/h3-4,6,18H,2,5,7-12H2,1H3. The van der Waals surface area contributed by atoms with Gasteiger partial charge in [0.25, 0.3) is 5.91 Å². The zero-order valence-corrected chi connectivity index (χ0v) is 11.6. The van der Waals surface area contributed by atoms with Gasteiger partial charge in [0.15, 0.2) is 0 Å². The molecule has 0 bridgehead atoms. The maximum atomic E-state index is 12.5. The molecular formula is C14H23N3O2. The molecule has 0 aromatic carbocycles. The van der Waals surface area contributed by atoms with Crippen molar-refractivity contribution in [2.45, 2.75) is 19.9 Å². The van der Waals surface area contributed by atoms with Crippen molar-refractivity contribution in [3.63, 3.8) is 0 Å². The van der Waals surface area contributed by atoms with Crippen LogP contribution in [0.1, 0.15) is 23.8 Å². The fourth-order valence-electron chi connectivity index (χ4n) is 2.52. The number of aryl methyl sites for hydroxylation is 1. The van der Waals surface area contributed by atoms with Crippen LogP contribution in [0.15, 0.2) is 18.3 Å². The minimum absolute atomic E-state index is 0.127. The first kappa shape index (κ1) is 14.1. The van der Waals surface area contributed by atoms with Gasteiger partial charge in [0, 0.05) is 45.5 Å². The minimum Gasteiger partial charge on any atom is -0.395 e. The first-order valence-electron chi connectivity index (χ1n) is 7.04. The molecule has 0 atom stereocenters. The molecule has 0 saturated carbocycles. The highest BCUT2D eigenvalue weighted by molar-refractivity contribution is 5.92. The van der Waals surface area contributed by atoms with Gasteiger partial charge in [-0.3, -0.25) is 9.69 Å². The van der Waals surface area contributed by atoms with Crippen molar-refractivity contribution in [2.24, 2.45) is 0 Å². The molecule has 0 spiro atoms. The summed E-state index contributed by atoms with van der Waals surface area (Å²) < 4.78 is 2.03.